The molecule has 7 aliphatic carbocycles. The topological polar surface area (TPSA) is 394 Å². The number of fused-ring (bicyclic) bond motifs is 7. The fourth-order valence-corrected chi connectivity index (χ4v) is 17.7. The van der Waals surface area contributed by atoms with Crippen molar-refractivity contribution >= 4 is 89.5 Å². The van der Waals surface area contributed by atoms with Gasteiger partial charge in [0.15, 0.2) is 45.8 Å². The van der Waals surface area contributed by atoms with Gasteiger partial charge in [-0.3, -0.25) is 33.6 Å². The van der Waals surface area contributed by atoms with Crippen molar-refractivity contribution in [2.45, 2.75) is 343 Å². The van der Waals surface area contributed by atoms with Gasteiger partial charge in [-0.25, -0.2) is 38.4 Å². The SMILES string of the molecule is C=C(C(=O)OC12CCCCC1OC(=O)C2)C(F)(F)F.C=C(C)C(=O)OC12CCCC1OC(=O)C2.C=C(C)C(=O)OC12CCCCC1OC(=O)C2.C=C(C)C(=O)OC12CCCCC1OC(=O)C2(C)C.C=C(C)C(=O)OC12CCCCC1OC(=O)C2C.C=C(C)C(=O)OCC(=O)OC12CCCC1OC(=O)C2.C=CC(=O)OC12CCCCC1OC(=O)C2. The minimum atomic E-state index is -4.83. The largest absolute Gasteiger partial charge is 0.458 e. The molecule has 0 bridgehead atoms. The number of esters is 15. The summed E-state index contributed by atoms with van der Waals surface area (Å²) in [6, 6.07) is 0. The van der Waals surface area contributed by atoms with Gasteiger partial charge in [-0.15, -0.1) is 0 Å². The Kier molecular flexibility index (Phi) is 30.7. The molecule has 0 radical (unpaired) electrons. The Bertz CT molecular complexity index is 4070. The van der Waals surface area contributed by atoms with E-state index in [1.54, 1.807) is 48.5 Å². The molecule has 7 aliphatic heterocycles. The average molecular weight is 1680 g/mol. The number of alkyl halides is 3. The van der Waals surface area contributed by atoms with Gasteiger partial charge < -0.3 is 71.1 Å². The van der Waals surface area contributed by atoms with Crippen LogP contribution >= 0.6 is 0 Å². The molecule has 15 unspecified atom stereocenters. The first kappa shape index (κ1) is 94.5. The van der Waals surface area contributed by atoms with Crippen LogP contribution in [0.2, 0.25) is 0 Å². The molecule has 0 aromatic heterocycles. The van der Waals surface area contributed by atoms with E-state index in [0.717, 1.165) is 109 Å². The second-order valence-corrected chi connectivity index (χ2v) is 33.6. The number of carbonyl (C=O) groups is 15. The molecular formula is C86H111F3O30. The zero-order valence-electron chi connectivity index (χ0n) is 69.2. The molecule has 0 amide bonds. The lowest BCUT2D eigenvalue weighted by atomic mass is 9.67. The summed E-state index contributed by atoms with van der Waals surface area (Å²) >= 11 is 0. The minimum Gasteiger partial charge on any atom is -0.458 e. The molecule has 0 spiro atoms. The molecule has 14 rings (SSSR count). The van der Waals surface area contributed by atoms with E-state index in [0.29, 0.717) is 86.5 Å². The Morgan fingerprint density at radius 2 is 0.706 bits per heavy atom. The molecule has 7 saturated carbocycles. The van der Waals surface area contributed by atoms with Crippen molar-refractivity contribution < 1.29 is 156 Å². The van der Waals surface area contributed by atoms with Crippen LogP contribution < -0.4 is 0 Å². The standard InChI is InChI=1S/C14H20O4.C13H16O6.C13H18O4.C12H13F3O4.C12H16O4.2C11H14O4/c1-9(2)11(15)18-14-8-6-5-7-10(14)17-12(16)13(14,3)4;1-8(2)12(16)17-7-11(15)19-13-5-3-4-9(13)18-10(14)6-13;1-8(2)11(14)17-13-7-5-4-6-10(13)16-12(15)9(13)3;1-7(12(13,14)15)10(17)19-11-5-3-2-4-8(11)18-9(16)6-11;1-8(2)11(14)16-12-6-4-3-5-9(12)15-10(13)7-12;1-7(2)10(13)15-11-5-3-4-8(11)14-9(12)6-11;1-2-9(12)15-11-6-4-3-5-8(11)14-10(13)7-11/h10H,1,5-8H2,2-4H3;9H,1,3-7H2,2H3;9-10H,1,4-7H2,2-3H3;8H,1-6H2;9H,1,3-7H2,2H3;8H,1,3-6H2,2H3;2,8H,1,3-7H2. The number of rotatable bonds is 16. The monoisotopic (exact) mass is 1680 g/mol. The molecule has 0 aromatic rings. The summed E-state index contributed by atoms with van der Waals surface area (Å²) in [5.74, 6) is -7.64. The van der Waals surface area contributed by atoms with E-state index < -0.39 is 123 Å². The maximum Gasteiger partial charge on any atom is 0.422 e. The molecule has 7 heterocycles. The van der Waals surface area contributed by atoms with Crippen LogP contribution in [-0.4, -0.2) is 184 Å². The highest BCUT2D eigenvalue weighted by molar-refractivity contribution is 5.92. The number of hydrogen-bond donors (Lipinski definition) is 0. The van der Waals surface area contributed by atoms with E-state index in [1.807, 2.05) is 0 Å². The minimum absolute atomic E-state index is 0.0812. The van der Waals surface area contributed by atoms with Crippen LogP contribution in [0.4, 0.5) is 13.2 Å². The van der Waals surface area contributed by atoms with Crippen LogP contribution in [0.1, 0.15) is 254 Å². The summed E-state index contributed by atoms with van der Waals surface area (Å²) in [5.41, 5.74) is -6.53. The number of halogens is 3. The Morgan fingerprint density at radius 3 is 1.09 bits per heavy atom. The first-order chi connectivity index (χ1) is 55.7. The van der Waals surface area contributed by atoms with Gasteiger partial charge >= 0.3 is 95.7 Å². The second kappa shape index (κ2) is 38.6. The normalized spacial score (nSPS) is 32.5. The molecular weight excluding hydrogens is 1570 g/mol. The van der Waals surface area contributed by atoms with Gasteiger partial charge in [-0.05, 0) is 222 Å². The average Bonchev–Trinajstić information content (AvgIpc) is 1.57. The summed E-state index contributed by atoms with van der Waals surface area (Å²) in [7, 11) is 0. The predicted molar refractivity (Wildman–Crippen MR) is 407 cm³/mol. The quantitative estimate of drug-likeness (QED) is 0.0786. The second-order valence-electron chi connectivity index (χ2n) is 33.6. The molecule has 14 aliphatic rings. The van der Waals surface area contributed by atoms with Crippen LogP contribution in [-0.2, 0) is 143 Å². The Hall–Kier alpha value is -9.98. The van der Waals surface area contributed by atoms with E-state index in [1.165, 1.54) is 6.92 Å². The molecule has 14 fully saturated rings. The summed E-state index contributed by atoms with van der Waals surface area (Å²) < 4.78 is 116. The zero-order chi connectivity index (χ0) is 88.2. The maximum absolute atomic E-state index is 12.4. The molecule has 15 atom stereocenters. The lowest BCUT2D eigenvalue weighted by molar-refractivity contribution is -0.178. The molecule has 33 heteroatoms. The summed E-state index contributed by atoms with van der Waals surface area (Å²) in [6.45, 7) is 36.5. The predicted octanol–water partition coefficient (Wildman–Crippen LogP) is 11.9. The van der Waals surface area contributed by atoms with Gasteiger partial charge in [-0.2, -0.15) is 13.2 Å². The van der Waals surface area contributed by atoms with Crippen molar-refractivity contribution in [1.82, 2.24) is 0 Å². The van der Waals surface area contributed by atoms with Gasteiger partial charge in [0.1, 0.15) is 53.7 Å². The van der Waals surface area contributed by atoms with Crippen molar-refractivity contribution in [3.05, 3.63) is 85.6 Å². The van der Waals surface area contributed by atoms with E-state index in [9.17, 15) is 85.1 Å². The maximum atomic E-state index is 12.4. The zero-order valence-corrected chi connectivity index (χ0v) is 69.2. The van der Waals surface area contributed by atoms with Crippen LogP contribution in [0.15, 0.2) is 85.6 Å². The van der Waals surface area contributed by atoms with E-state index in [4.69, 9.17) is 71.1 Å². The molecule has 656 valence electrons. The molecule has 7 saturated heterocycles. The summed E-state index contributed by atoms with van der Waals surface area (Å²) in [5, 5.41) is 0. The van der Waals surface area contributed by atoms with Crippen LogP contribution in [0.5, 0.6) is 0 Å². The lowest BCUT2D eigenvalue weighted by Crippen LogP contribution is -2.54. The number of carbonyl (C=O) groups excluding carboxylic acids is 15. The lowest BCUT2D eigenvalue weighted by Gasteiger charge is -2.42. The van der Waals surface area contributed by atoms with Crippen molar-refractivity contribution in [1.29, 1.82) is 0 Å². The number of ether oxygens (including phenoxy) is 15. The molecule has 119 heavy (non-hydrogen) atoms. The first-order valence-corrected chi connectivity index (χ1v) is 40.5. The van der Waals surface area contributed by atoms with Gasteiger partial charge in [0.2, 0.25) is 0 Å². The molecule has 30 nitrogen and oxygen atoms in total. The Labute approximate surface area is 689 Å². The Morgan fingerprint density at radius 1 is 0.387 bits per heavy atom. The van der Waals surface area contributed by atoms with Crippen molar-refractivity contribution in [3.63, 3.8) is 0 Å². The van der Waals surface area contributed by atoms with Crippen LogP contribution in [0, 0.1) is 11.3 Å². The van der Waals surface area contributed by atoms with Crippen molar-refractivity contribution in [2.24, 2.45) is 11.3 Å². The highest BCUT2D eigenvalue weighted by Crippen LogP contribution is 2.54. The van der Waals surface area contributed by atoms with E-state index in [-0.39, 0.29) is 116 Å². The Balaban J connectivity index is 0.000000173. The molecule has 0 aromatic carbocycles. The van der Waals surface area contributed by atoms with Crippen LogP contribution in [0.3, 0.4) is 0 Å². The third kappa shape index (κ3) is 21.8. The van der Waals surface area contributed by atoms with Gasteiger partial charge in [-0.1, -0.05) is 46.1 Å². The fourth-order valence-electron chi connectivity index (χ4n) is 17.7. The van der Waals surface area contributed by atoms with Crippen molar-refractivity contribution in [3.8, 4) is 0 Å². The van der Waals surface area contributed by atoms with Crippen LogP contribution in [0.25, 0.3) is 0 Å². The number of hydrogen-bond acceptors (Lipinski definition) is 30. The van der Waals surface area contributed by atoms with E-state index >= 15 is 0 Å². The third-order valence-electron chi connectivity index (χ3n) is 24.3. The van der Waals surface area contributed by atoms with Crippen molar-refractivity contribution in [2.75, 3.05) is 6.61 Å². The fraction of sp³-hybridized carbons (Fsp3) is 0.663. The van der Waals surface area contributed by atoms with E-state index in [2.05, 4.69) is 46.1 Å². The first-order valence-electron chi connectivity index (χ1n) is 40.5. The van der Waals surface area contributed by atoms with Gasteiger partial charge in [0, 0.05) is 33.9 Å². The van der Waals surface area contributed by atoms with Gasteiger partial charge in [0.05, 0.1) is 38.0 Å². The molecule has 0 N–H and O–H groups in total. The third-order valence-corrected chi connectivity index (χ3v) is 24.3. The highest BCUT2D eigenvalue weighted by atomic mass is 19.4. The summed E-state index contributed by atoms with van der Waals surface area (Å²) in [4.78, 5) is 172. The highest BCUT2D eigenvalue weighted by Gasteiger charge is 2.67. The smallest absolute Gasteiger partial charge is 0.422 e. The van der Waals surface area contributed by atoms with Gasteiger partial charge in [0.25, 0.3) is 0 Å². The summed E-state index contributed by atoms with van der Waals surface area (Å²) in [6.07, 6.45) is 15.1.